The summed E-state index contributed by atoms with van der Waals surface area (Å²) in [5.74, 6) is 0. The van der Waals surface area contributed by atoms with Crippen molar-refractivity contribution >= 4 is 6.09 Å². The predicted molar refractivity (Wildman–Crippen MR) is 81.3 cm³/mol. The Morgan fingerprint density at radius 3 is 2.95 bits per heavy atom. The number of carbonyl (C=O) groups excluding carboxylic acids is 1. The summed E-state index contributed by atoms with van der Waals surface area (Å²) < 4.78 is 5.36. The number of ether oxygens (including phenoxy) is 1. The van der Waals surface area contributed by atoms with E-state index in [0.717, 1.165) is 23.3 Å². The maximum absolute atomic E-state index is 12.2. The van der Waals surface area contributed by atoms with Crippen LogP contribution < -0.4 is 5.32 Å². The average Bonchev–Trinajstić information content (AvgIpc) is 2.59. The second-order valence-electron chi connectivity index (χ2n) is 5.40. The van der Waals surface area contributed by atoms with Gasteiger partial charge in [0.05, 0.1) is 6.07 Å². The topological polar surface area (TPSA) is 65.4 Å². The van der Waals surface area contributed by atoms with Gasteiger partial charge in [-0.1, -0.05) is 30.3 Å². The normalized spacial score (nSPS) is 17.0. The lowest BCUT2D eigenvalue weighted by atomic mass is 9.97. The minimum atomic E-state index is -0.302. The molecule has 2 heterocycles. The minimum absolute atomic E-state index is 0.281. The fourth-order valence-electron chi connectivity index (χ4n) is 2.66. The van der Waals surface area contributed by atoms with E-state index in [2.05, 4.69) is 11.4 Å². The average molecular weight is 295 g/mol. The van der Waals surface area contributed by atoms with Crippen LogP contribution in [-0.4, -0.2) is 24.1 Å². The van der Waals surface area contributed by atoms with Crippen molar-refractivity contribution in [2.45, 2.75) is 19.4 Å². The number of amides is 1. The molecule has 2 aliphatic heterocycles. The number of benzene rings is 1. The Bertz CT molecular complexity index is 671. The van der Waals surface area contributed by atoms with Crippen LogP contribution in [0.4, 0.5) is 4.79 Å². The van der Waals surface area contributed by atoms with Gasteiger partial charge < -0.3 is 15.0 Å². The van der Waals surface area contributed by atoms with E-state index in [0.29, 0.717) is 25.1 Å². The van der Waals surface area contributed by atoms with Gasteiger partial charge in [0.25, 0.3) is 0 Å². The molecule has 0 atom stereocenters. The number of nitrogens with one attached hydrogen (secondary N) is 1. The highest BCUT2D eigenvalue weighted by Gasteiger charge is 2.25. The maximum Gasteiger partial charge on any atom is 0.410 e. The minimum Gasteiger partial charge on any atom is -0.445 e. The van der Waals surface area contributed by atoms with Crippen molar-refractivity contribution in [1.29, 1.82) is 5.26 Å². The number of allylic oxidation sites excluding steroid dienone is 1. The predicted octanol–water partition coefficient (Wildman–Crippen LogP) is 2.68. The molecule has 0 aliphatic carbocycles. The molecular weight excluding hydrogens is 278 g/mol. The van der Waals surface area contributed by atoms with Crippen LogP contribution in [0.25, 0.3) is 0 Å². The van der Waals surface area contributed by atoms with E-state index in [1.165, 1.54) is 0 Å². The molecule has 0 radical (unpaired) electrons. The standard InChI is InChI=1S/C17H17N3O2/c18-9-14-8-15-11-20(7-6-16(15)19-10-14)17(21)22-12-13-4-2-1-3-5-13/h1-5,10,19H,6-8,11-12H2. The second kappa shape index (κ2) is 6.35. The summed E-state index contributed by atoms with van der Waals surface area (Å²) in [5, 5.41) is 12.1. The summed E-state index contributed by atoms with van der Waals surface area (Å²) in [6.45, 7) is 1.44. The number of hydrogen-bond acceptors (Lipinski definition) is 4. The summed E-state index contributed by atoms with van der Waals surface area (Å²) in [7, 11) is 0. The first-order valence-corrected chi connectivity index (χ1v) is 7.28. The number of hydrogen-bond donors (Lipinski definition) is 1. The molecule has 0 saturated heterocycles. The van der Waals surface area contributed by atoms with Crippen LogP contribution in [0.1, 0.15) is 18.4 Å². The van der Waals surface area contributed by atoms with Gasteiger partial charge in [-0.3, -0.25) is 0 Å². The van der Waals surface area contributed by atoms with E-state index < -0.39 is 0 Å². The van der Waals surface area contributed by atoms with Crippen molar-refractivity contribution in [1.82, 2.24) is 10.2 Å². The molecule has 3 rings (SSSR count). The van der Waals surface area contributed by atoms with Gasteiger partial charge in [0.1, 0.15) is 6.61 Å². The van der Waals surface area contributed by atoms with Crippen LogP contribution in [0.15, 0.2) is 53.4 Å². The number of dihydropyridines is 1. The van der Waals surface area contributed by atoms with E-state index in [9.17, 15) is 4.79 Å². The van der Waals surface area contributed by atoms with Gasteiger partial charge in [-0.05, 0) is 11.1 Å². The molecular formula is C17H17N3O2. The fourth-order valence-corrected chi connectivity index (χ4v) is 2.66. The molecule has 5 heteroatoms. The second-order valence-corrected chi connectivity index (χ2v) is 5.40. The first-order chi connectivity index (χ1) is 10.8. The molecule has 0 fully saturated rings. The molecule has 5 nitrogen and oxygen atoms in total. The Morgan fingerprint density at radius 1 is 1.36 bits per heavy atom. The number of rotatable bonds is 2. The van der Waals surface area contributed by atoms with Crippen LogP contribution >= 0.6 is 0 Å². The SMILES string of the molecule is N#CC1=CNC2=C(C1)CN(C(=O)OCc1ccccc1)CC2. The first kappa shape index (κ1) is 14.2. The summed E-state index contributed by atoms with van der Waals surface area (Å²) >= 11 is 0. The maximum atomic E-state index is 12.2. The highest BCUT2D eigenvalue weighted by atomic mass is 16.6. The lowest BCUT2D eigenvalue weighted by Gasteiger charge is -2.32. The first-order valence-electron chi connectivity index (χ1n) is 7.28. The molecule has 0 aromatic heterocycles. The molecule has 0 bridgehead atoms. The summed E-state index contributed by atoms with van der Waals surface area (Å²) in [6, 6.07) is 11.8. The molecule has 0 spiro atoms. The molecule has 1 aromatic rings. The van der Waals surface area contributed by atoms with Crippen molar-refractivity contribution in [3.63, 3.8) is 0 Å². The van der Waals surface area contributed by atoms with Gasteiger partial charge in [0.2, 0.25) is 0 Å². The number of nitriles is 1. The number of nitrogens with zero attached hydrogens (tertiary/aromatic N) is 2. The van der Waals surface area contributed by atoms with Gasteiger partial charge in [-0.25, -0.2) is 4.79 Å². The molecule has 1 aromatic carbocycles. The van der Waals surface area contributed by atoms with Gasteiger partial charge in [0, 0.05) is 43.4 Å². The molecule has 22 heavy (non-hydrogen) atoms. The Labute approximate surface area is 129 Å². The van der Waals surface area contributed by atoms with Crippen molar-refractivity contribution < 1.29 is 9.53 Å². The zero-order valence-corrected chi connectivity index (χ0v) is 12.2. The van der Waals surface area contributed by atoms with E-state index in [1.807, 2.05) is 30.3 Å². The Kier molecular flexibility index (Phi) is 4.10. The lowest BCUT2D eigenvalue weighted by molar-refractivity contribution is 0.0973. The smallest absolute Gasteiger partial charge is 0.410 e. The Balaban J connectivity index is 1.57. The zero-order chi connectivity index (χ0) is 15.4. The van der Waals surface area contributed by atoms with E-state index >= 15 is 0 Å². The molecule has 1 N–H and O–H groups in total. The van der Waals surface area contributed by atoms with E-state index in [-0.39, 0.29) is 12.7 Å². The Hall–Kier alpha value is -2.74. The fraction of sp³-hybridized carbons (Fsp3) is 0.294. The largest absolute Gasteiger partial charge is 0.445 e. The van der Waals surface area contributed by atoms with Crippen LogP contribution in [-0.2, 0) is 11.3 Å². The number of carbonyl (C=O) groups is 1. The van der Waals surface area contributed by atoms with E-state index in [4.69, 9.17) is 10.00 Å². The van der Waals surface area contributed by atoms with Gasteiger partial charge in [-0.15, -0.1) is 0 Å². The summed E-state index contributed by atoms with van der Waals surface area (Å²) in [4.78, 5) is 13.9. The third-order valence-electron chi connectivity index (χ3n) is 3.87. The van der Waals surface area contributed by atoms with Gasteiger partial charge in [-0.2, -0.15) is 5.26 Å². The van der Waals surface area contributed by atoms with Crippen molar-refractivity contribution in [2.24, 2.45) is 0 Å². The van der Waals surface area contributed by atoms with Crippen molar-refractivity contribution in [3.8, 4) is 6.07 Å². The Morgan fingerprint density at radius 2 is 2.18 bits per heavy atom. The van der Waals surface area contributed by atoms with Crippen LogP contribution in [0.3, 0.4) is 0 Å². The molecule has 2 aliphatic rings. The highest BCUT2D eigenvalue weighted by Crippen LogP contribution is 2.25. The third-order valence-corrected chi connectivity index (χ3v) is 3.87. The monoisotopic (exact) mass is 295 g/mol. The highest BCUT2D eigenvalue weighted by molar-refractivity contribution is 5.68. The van der Waals surface area contributed by atoms with E-state index in [1.54, 1.807) is 11.1 Å². The quantitative estimate of drug-likeness (QED) is 0.911. The molecule has 1 amide bonds. The lowest BCUT2D eigenvalue weighted by Crippen LogP contribution is -2.40. The molecule has 0 unspecified atom stereocenters. The van der Waals surface area contributed by atoms with Gasteiger partial charge in [0.15, 0.2) is 0 Å². The summed E-state index contributed by atoms with van der Waals surface area (Å²) in [5.41, 5.74) is 3.90. The van der Waals surface area contributed by atoms with Crippen molar-refractivity contribution in [3.05, 3.63) is 58.9 Å². The van der Waals surface area contributed by atoms with Crippen LogP contribution in [0.2, 0.25) is 0 Å². The van der Waals surface area contributed by atoms with Crippen LogP contribution in [0, 0.1) is 11.3 Å². The zero-order valence-electron chi connectivity index (χ0n) is 12.2. The third kappa shape index (κ3) is 3.12. The molecule has 112 valence electrons. The molecule has 0 saturated carbocycles. The van der Waals surface area contributed by atoms with Crippen LogP contribution in [0.5, 0.6) is 0 Å². The van der Waals surface area contributed by atoms with Gasteiger partial charge >= 0.3 is 6.09 Å². The van der Waals surface area contributed by atoms with Crippen molar-refractivity contribution in [2.75, 3.05) is 13.1 Å². The summed E-state index contributed by atoms with van der Waals surface area (Å²) in [6.07, 6.45) is 2.83.